The molecular weight excluding hydrogens is 472 g/mol. The van der Waals surface area contributed by atoms with Crippen molar-refractivity contribution in [3.05, 3.63) is 89.5 Å². The summed E-state index contributed by atoms with van der Waals surface area (Å²) >= 11 is 0. The summed E-state index contributed by atoms with van der Waals surface area (Å²) in [5.41, 5.74) is 5.46. The van der Waals surface area contributed by atoms with Crippen molar-refractivity contribution >= 4 is 33.3 Å². The standard InChI is InChI=1S/C24H20N4O6S/c1-16(29)17-8-12-21(13-9-17)35(32,33)28-20-10-6-18(7-11-20)24(31)27-26-23(30)15-34-22-5-3-2-4-19(22)14-25/h2-13,28H,15H2,1H3,(H,26,30)(H,27,31). The van der Waals surface area contributed by atoms with Gasteiger partial charge in [-0.15, -0.1) is 0 Å². The van der Waals surface area contributed by atoms with E-state index in [2.05, 4.69) is 15.6 Å². The Hall–Kier alpha value is -4.69. The molecule has 0 bridgehead atoms. The lowest BCUT2D eigenvalue weighted by molar-refractivity contribution is -0.123. The molecule has 3 rings (SSSR count). The second kappa shape index (κ2) is 11.0. The van der Waals surface area contributed by atoms with Crippen LogP contribution in [0.3, 0.4) is 0 Å². The summed E-state index contributed by atoms with van der Waals surface area (Å²) in [5.74, 6) is -1.22. The molecule has 0 radical (unpaired) electrons. The van der Waals surface area contributed by atoms with Gasteiger partial charge in [0.15, 0.2) is 12.4 Å². The van der Waals surface area contributed by atoms with E-state index in [0.29, 0.717) is 5.56 Å². The number of nitriles is 1. The number of anilines is 1. The molecule has 0 saturated carbocycles. The molecule has 0 aliphatic rings. The van der Waals surface area contributed by atoms with Gasteiger partial charge in [0.1, 0.15) is 11.8 Å². The Labute approximate surface area is 201 Å². The maximum atomic E-state index is 12.5. The summed E-state index contributed by atoms with van der Waals surface area (Å²) in [6.07, 6.45) is 0. The first-order chi connectivity index (χ1) is 16.7. The largest absolute Gasteiger partial charge is 0.482 e. The van der Waals surface area contributed by atoms with Crippen molar-refractivity contribution in [3.63, 3.8) is 0 Å². The minimum absolute atomic E-state index is 0.0216. The number of benzene rings is 3. The summed E-state index contributed by atoms with van der Waals surface area (Å²) in [6, 6.07) is 19.4. The van der Waals surface area contributed by atoms with E-state index in [4.69, 9.17) is 10.00 Å². The minimum Gasteiger partial charge on any atom is -0.482 e. The number of ether oxygens (including phenoxy) is 1. The van der Waals surface area contributed by atoms with E-state index in [1.54, 1.807) is 24.3 Å². The van der Waals surface area contributed by atoms with Crippen LogP contribution in [0.1, 0.15) is 33.2 Å². The lowest BCUT2D eigenvalue weighted by Gasteiger charge is -2.11. The van der Waals surface area contributed by atoms with Crippen LogP contribution in [0.15, 0.2) is 77.7 Å². The fourth-order valence-corrected chi connectivity index (χ4v) is 3.89. The van der Waals surface area contributed by atoms with Crippen LogP contribution in [0.25, 0.3) is 0 Å². The third kappa shape index (κ3) is 6.66. The Morgan fingerprint density at radius 3 is 2.14 bits per heavy atom. The zero-order valence-corrected chi connectivity index (χ0v) is 19.3. The number of hydrazine groups is 1. The molecule has 0 spiro atoms. The molecule has 0 aromatic heterocycles. The molecule has 3 N–H and O–H groups in total. The summed E-state index contributed by atoms with van der Waals surface area (Å²) in [6.45, 7) is 0.960. The third-order valence-corrected chi connectivity index (χ3v) is 6.05. The van der Waals surface area contributed by atoms with Crippen molar-refractivity contribution in [3.8, 4) is 11.8 Å². The molecule has 3 aromatic carbocycles. The van der Waals surface area contributed by atoms with Crippen LogP contribution in [0, 0.1) is 11.3 Å². The average molecular weight is 493 g/mol. The van der Waals surface area contributed by atoms with Crippen LogP contribution < -0.4 is 20.3 Å². The highest BCUT2D eigenvalue weighted by molar-refractivity contribution is 7.92. The van der Waals surface area contributed by atoms with E-state index in [-0.39, 0.29) is 33.2 Å². The number of rotatable bonds is 8. The van der Waals surface area contributed by atoms with Gasteiger partial charge >= 0.3 is 0 Å². The van der Waals surface area contributed by atoms with Crippen LogP contribution in [0.4, 0.5) is 5.69 Å². The van der Waals surface area contributed by atoms with Crippen LogP contribution in [0.2, 0.25) is 0 Å². The summed E-state index contributed by atoms with van der Waals surface area (Å²) < 4.78 is 32.7. The monoisotopic (exact) mass is 492 g/mol. The van der Waals surface area contributed by atoms with Gasteiger partial charge in [0.05, 0.1) is 10.5 Å². The van der Waals surface area contributed by atoms with Crippen molar-refractivity contribution < 1.29 is 27.5 Å². The Bertz CT molecular complexity index is 1400. The molecule has 0 atom stereocenters. The molecule has 0 aliphatic carbocycles. The average Bonchev–Trinajstić information content (AvgIpc) is 2.86. The van der Waals surface area contributed by atoms with E-state index >= 15 is 0 Å². The minimum atomic E-state index is -3.90. The summed E-state index contributed by atoms with van der Waals surface area (Å²) in [7, 11) is -3.90. The molecule has 178 valence electrons. The molecule has 0 saturated heterocycles. The summed E-state index contributed by atoms with van der Waals surface area (Å²) in [4.78, 5) is 35.5. The molecule has 0 heterocycles. The molecule has 35 heavy (non-hydrogen) atoms. The quantitative estimate of drug-likeness (QED) is 0.322. The van der Waals surface area contributed by atoms with E-state index < -0.39 is 28.4 Å². The van der Waals surface area contributed by atoms with E-state index in [1.807, 2.05) is 6.07 Å². The number of hydrogen-bond donors (Lipinski definition) is 3. The van der Waals surface area contributed by atoms with Crippen molar-refractivity contribution in [2.24, 2.45) is 0 Å². The molecule has 0 unspecified atom stereocenters. The number of para-hydroxylation sites is 1. The van der Waals surface area contributed by atoms with Gasteiger partial charge in [0, 0.05) is 16.8 Å². The van der Waals surface area contributed by atoms with E-state index in [9.17, 15) is 22.8 Å². The van der Waals surface area contributed by atoms with Gasteiger partial charge < -0.3 is 4.74 Å². The van der Waals surface area contributed by atoms with Gasteiger partial charge in [-0.3, -0.25) is 30.0 Å². The van der Waals surface area contributed by atoms with Crippen LogP contribution in [-0.2, 0) is 14.8 Å². The number of amides is 2. The Kier molecular flexibility index (Phi) is 7.81. The molecule has 0 fully saturated rings. The third-order valence-electron chi connectivity index (χ3n) is 4.65. The first-order valence-electron chi connectivity index (χ1n) is 10.1. The van der Waals surface area contributed by atoms with Crippen molar-refractivity contribution in [1.82, 2.24) is 10.9 Å². The lowest BCUT2D eigenvalue weighted by Crippen LogP contribution is -2.43. The molecule has 2 amide bonds. The number of carbonyl (C=O) groups excluding carboxylic acids is 3. The number of nitrogens with zero attached hydrogens (tertiary/aromatic N) is 1. The van der Waals surface area contributed by atoms with Gasteiger partial charge in [-0.2, -0.15) is 5.26 Å². The highest BCUT2D eigenvalue weighted by atomic mass is 32.2. The van der Waals surface area contributed by atoms with Crippen LogP contribution in [-0.4, -0.2) is 32.6 Å². The van der Waals surface area contributed by atoms with Gasteiger partial charge in [0.25, 0.3) is 21.8 Å². The zero-order chi connectivity index (χ0) is 25.4. The molecule has 11 heteroatoms. The van der Waals surface area contributed by atoms with E-state index in [1.165, 1.54) is 55.5 Å². The fourth-order valence-electron chi connectivity index (χ4n) is 2.84. The van der Waals surface area contributed by atoms with Gasteiger partial charge in [-0.25, -0.2) is 8.42 Å². The number of Topliss-reactive ketones (excluding diaryl/α,β-unsaturated/α-hetero) is 1. The van der Waals surface area contributed by atoms with Gasteiger partial charge in [0.2, 0.25) is 0 Å². The first-order valence-corrected chi connectivity index (χ1v) is 11.6. The first kappa shape index (κ1) is 24.9. The molecule has 3 aromatic rings. The number of carbonyl (C=O) groups is 3. The molecule has 0 aliphatic heterocycles. The lowest BCUT2D eigenvalue weighted by atomic mass is 10.2. The van der Waals surface area contributed by atoms with Gasteiger partial charge in [-0.05, 0) is 55.5 Å². The van der Waals surface area contributed by atoms with Crippen molar-refractivity contribution in [2.75, 3.05) is 11.3 Å². The molecular formula is C24H20N4O6S. The van der Waals surface area contributed by atoms with Crippen molar-refractivity contribution in [1.29, 1.82) is 5.26 Å². The second-order valence-corrected chi connectivity index (χ2v) is 8.84. The predicted octanol–water partition coefficient (Wildman–Crippen LogP) is 2.40. The van der Waals surface area contributed by atoms with Gasteiger partial charge in [-0.1, -0.05) is 24.3 Å². The maximum Gasteiger partial charge on any atom is 0.276 e. The SMILES string of the molecule is CC(=O)c1ccc(S(=O)(=O)Nc2ccc(C(=O)NNC(=O)COc3ccccc3C#N)cc2)cc1. The predicted molar refractivity (Wildman–Crippen MR) is 126 cm³/mol. The number of sulfonamides is 1. The highest BCUT2D eigenvalue weighted by Crippen LogP contribution is 2.18. The number of ketones is 1. The Morgan fingerprint density at radius 1 is 0.886 bits per heavy atom. The van der Waals surface area contributed by atoms with Crippen molar-refractivity contribution in [2.45, 2.75) is 11.8 Å². The zero-order valence-electron chi connectivity index (χ0n) is 18.4. The number of nitrogens with one attached hydrogen (secondary N) is 3. The van der Waals surface area contributed by atoms with Crippen LogP contribution >= 0.6 is 0 Å². The van der Waals surface area contributed by atoms with Crippen LogP contribution in [0.5, 0.6) is 5.75 Å². The Balaban J connectivity index is 1.53. The molecule has 10 nitrogen and oxygen atoms in total. The topological polar surface area (TPSA) is 154 Å². The number of hydrogen-bond acceptors (Lipinski definition) is 7. The smallest absolute Gasteiger partial charge is 0.276 e. The summed E-state index contributed by atoms with van der Waals surface area (Å²) in [5, 5.41) is 9.02. The normalized spacial score (nSPS) is 10.5. The fraction of sp³-hybridized carbons (Fsp3) is 0.0833. The second-order valence-electron chi connectivity index (χ2n) is 7.16. The Morgan fingerprint density at radius 2 is 1.51 bits per heavy atom. The highest BCUT2D eigenvalue weighted by Gasteiger charge is 2.15. The van der Waals surface area contributed by atoms with E-state index in [0.717, 1.165) is 0 Å². The maximum absolute atomic E-state index is 12.5.